The molecule has 6 heteroatoms. The van der Waals surface area contributed by atoms with Crippen LogP contribution in [0, 0.1) is 6.92 Å². The molecule has 0 unspecified atom stereocenters. The van der Waals surface area contributed by atoms with Crippen molar-refractivity contribution < 1.29 is 0 Å². The van der Waals surface area contributed by atoms with E-state index < -0.39 is 0 Å². The predicted octanol–water partition coefficient (Wildman–Crippen LogP) is 3.38. The molecular formula is C12H13ClN4S. The molecule has 1 fully saturated rings. The van der Waals surface area contributed by atoms with Crippen LogP contribution in [0.5, 0.6) is 0 Å². The Morgan fingerprint density at radius 1 is 1.44 bits per heavy atom. The molecule has 4 nitrogen and oxygen atoms in total. The summed E-state index contributed by atoms with van der Waals surface area (Å²) >= 11 is 7.66. The zero-order chi connectivity index (χ0) is 12.5. The topological polar surface area (TPSA) is 50.7 Å². The monoisotopic (exact) mass is 280 g/mol. The fourth-order valence-corrected chi connectivity index (χ4v) is 2.62. The summed E-state index contributed by atoms with van der Waals surface area (Å²) in [6.45, 7) is 2.74. The second-order valence-corrected chi connectivity index (χ2v) is 5.75. The minimum atomic E-state index is 0.509. The molecular weight excluding hydrogens is 268 g/mol. The van der Waals surface area contributed by atoms with Gasteiger partial charge in [0.15, 0.2) is 0 Å². The van der Waals surface area contributed by atoms with Gasteiger partial charge >= 0.3 is 0 Å². The van der Waals surface area contributed by atoms with Gasteiger partial charge in [-0.05, 0) is 19.8 Å². The smallest absolute Gasteiger partial charge is 0.135 e. The molecule has 0 bridgehead atoms. The van der Waals surface area contributed by atoms with Crippen molar-refractivity contribution >= 4 is 28.8 Å². The van der Waals surface area contributed by atoms with Crippen molar-refractivity contribution in [1.82, 2.24) is 15.0 Å². The van der Waals surface area contributed by atoms with Crippen molar-refractivity contribution in [1.29, 1.82) is 0 Å². The normalized spacial score (nSPS) is 14.8. The summed E-state index contributed by atoms with van der Waals surface area (Å²) in [5, 5.41) is 3.80. The van der Waals surface area contributed by atoms with Crippen LogP contribution < -0.4 is 5.32 Å². The second kappa shape index (κ2) is 4.82. The van der Waals surface area contributed by atoms with Crippen LogP contribution in [-0.2, 0) is 6.54 Å². The van der Waals surface area contributed by atoms with E-state index in [-0.39, 0.29) is 0 Å². The third kappa shape index (κ3) is 2.62. The number of hydrogen-bond acceptors (Lipinski definition) is 5. The number of rotatable bonds is 4. The highest BCUT2D eigenvalue weighted by Crippen LogP contribution is 2.38. The van der Waals surface area contributed by atoms with E-state index in [1.165, 1.54) is 17.7 Å². The molecule has 1 aliphatic carbocycles. The van der Waals surface area contributed by atoms with Gasteiger partial charge < -0.3 is 5.32 Å². The molecule has 1 saturated carbocycles. The zero-order valence-electron chi connectivity index (χ0n) is 9.98. The first-order valence-electron chi connectivity index (χ1n) is 5.89. The number of nitrogens with one attached hydrogen (secondary N) is 1. The molecule has 2 heterocycles. The van der Waals surface area contributed by atoms with Crippen molar-refractivity contribution in [3.05, 3.63) is 33.1 Å². The predicted molar refractivity (Wildman–Crippen MR) is 73.2 cm³/mol. The van der Waals surface area contributed by atoms with Gasteiger partial charge in [0.25, 0.3) is 0 Å². The first-order valence-corrected chi connectivity index (χ1v) is 7.15. The Morgan fingerprint density at radius 2 is 2.28 bits per heavy atom. The van der Waals surface area contributed by atoms with Crippen LogP contribution >= 0.6 is 22.9 Å². The number of aryl methyl sites for hydroxylation is 1. The van der Waals surface area contributed by atoms with Gasteiger partial charge in [-0.2, -0.15) is 0 Å². The average molecular weight is 281 g/mol. The zero-order valence-corrected chi connectivity index (χ0v) is 11.6. The van der Waals surface area contributed by atoms with Gasteiger partial charge in [-0.1, -0.05) is 11.6 Å². The van der Waals surface area contributed by atoms with Crippen LogP contribution in [-0.4, -0.2) is 15.0 Å². The first kappa shape index (κ1) is 11.9. The molecule has 94 valence electrons. The Balaban J connectivity index is 1.74. The number of nitrogens with zero attached hydrogens (tertiary/aromatic N) is 3. The number of hydrogen-bond donors (Lipinski definition) is 1. The quantitative estimate of drug-likeness (QED) is 0.872. The Labute approximate surface area is 114 Å². The molecule has 0 spiro atoms. The van der Waals surface area contributed by atoms with Gasteiger partial charge in [-0.15, -0.1) is 11.3 Å². The molecule has 0 atom stereocenters. The second-order valence-electron chi connectivity index (χ2n) is 4.42. The van der Waals surface area contributed by atoms with Crippen molar-refractivity contribution in [2.75, 3.05) is 5.32 Å². The van der Waals surface area contributed by atoms with Crippen molar-refractivity contribution in [2.24, 2.45) is 0 Å². The molecule has 1 aliphatic rings. The van der Waals surface area contributed by atoms with Crippen LogP contribution in [0.25, 0.3) is 0 Å². The molecule has 0 aromatic carbocycles. The van der Waals surface area contributed by atoms with Gasteiger partial charge in [0.1, 0.15) is 16.8 Å². The Hall–Kier alpha value is -1.20. The van der Waals surface area contributed by atoms with E-state index in [0.29, 0.717) is 11.1 Å². The van der Waals surface area contributed by atoms with Crippen LogP contribution in [0.3, 0.4) is 0 Å². The van der Waals surface area contributed by atoms with E-state index in [1.54, 1.807) is 17.4 Å². The van der Waals surface area contributed by atoms with E-state index in [4.69, 9.17) is 11.6 Å². The van der Waals surface area contributed by atoms with Gasteiger partial charge in [0.05, 0.1) is 17.7 Å². The van der Waals surface area contributed by atoms with E-state index in [9.17, 15) is 0 Å². The summed E-state index contributed by atoms with van der Waals surface area (Å²) in [6.07, 6.45) is 2.35. The number of thiazole rings is 1. The van der Waals surface area contributed by atoms with E-state index in [1.807, 2.05) is 12.4 Å². The van der Waals surface area contributed by atoms with Gasteiger partial charge in [0.2, 0.25) is 0 Å². The van der Waals surface area contributed by atoms with E-state index in [2.05, 4.69) is 20.3 Å². The van der Waals surface area contributed by atoms with Gasteiger partial charge in [-0.25, -0.2) is 15.0 Å². The lowest BCUT2D eigenvalue weighted by Gasteiger charge is -2.06. The number of aromatic nitrogens is 3. The summed E-state index contributed by atoms with van der Waals surface area (Å²) in [6, 6.07) is 1.77. The molecule has 0 amide bonds. The van der Waals surface area contributed by atoms with Gasteiger partial charge in [-0.3, -0.25) is 0 Å². The summed E-state index contributed by atoms with van der Waals surface area (Å²) in [5.74, 6) is 2.17. The largest absolute Gasteiger partial charge is 0.365 e. The van der Waals surface area contributed by atoms with Crippen LogP contribution in [0.1, 0.15) is 35.2 Å². The fraction of sp³-hybridized carbons (Fsp3) is 0.417. The van der Waals surface area contributed by atoms with Crippen molar-refractivity contribution in [2.45, 2.75) is 32.2 Å². The molecule has 18 heavy (non-hydrogen) atoms. The Bertz CT molecular complexity index is 565. The maximum atomic E-state index is 6.01. The lowest BCUT2D eigenvalue weighted by molar-refractivity contribution is 0.921. The fourth-order valence-electron chi connectivity index (χ4n) is 1.72. The van der Waals surface area contributed by atoms with Crippen molar-refractivity contribution in [3.8, 4) is 0 Å². The van der Waals surface area contributed by atoms with Gasteiger partial charge in [0, 0.05) is 16.9 Å². The van der Waals surface area contributed by atoms with Crippen molar-refractivity contribution in [3.63, 3.8) is 0 Å². The SMILES string of the molecule is Cc1ncsc1CNc1cc(Cl)nc(C2CC2)n1. The van der Waals surface area contributed by atoms with E-state index in [0.717, 1.165) is 23.9 Å². The third-order valence-corrected chi connectivity index (χ3v) is 4.06. The summed E-state index contributed by atoms with van der Waals surface area (Å²) in [5.41, 5.74) is 2.92. The number of halogens is 1. The Kier molecular flexibility index (Phi) is 3.18. The summed E-state index contributed by atoms with van der Waals surface area (Å²) in [7, 11) is 0. The molecule has 0 saturated heterocycles. The van der Waals surface area contributed by atoms with E-state index >= 15 is 0 Å². The summed E-state index contributed by atoms with van der Waals surface area (Å²) < 4.78 is 0. The maximum absolute atomic E-state index is 6.01. The minimum absolute atomic E-state index is 0.509. The molecule has 3 rings (SSSR count). The lowest BCUT2D eigenvalue weighted by atomic mass is 10.3. The first-order chi connectivity index (χ1) is 8.72. The molecule has 0 aliphatic heterocycles. The average Bonchev–Trinajstić information content (AvgIpc) is 3.11. The lowest BCUT2D eigenvalue weighted by Crippen LogP contribution is -2.04. The highest BCUT2D eigenvalue weighted by molar-refractivity contribution is 7.09. The minimum Gasteiger partial charge on any atom is -0.365 e. The molecule has 0 radical (unpaired) electrons. The highest BCUT2D eigenvalue weighted by Gasteiger charge is 2.27. The highest BCUT2D eigenvalue weighted by atomic mass is 35.5. The molecule has 2 aromatic heterocycles. The third-order valence-electron chi connectivity index (χ3n) is 2.93. The summed E-state index contributed by atoms with van der Waals surface area (Å²) in [4.78, 5) is 14.2. The molecule has 2 aromatic rings. The standard InChI is InChI=1S/C12H13ClN4S/c1-7-9(18-6-15-7)5-14-11-4-10(13)16-12(17-11)8-2-3-8/h4,6,8H,2-3,5H2,1H3,(H,14,16,17). The number of anilines is 1. The molecule has 1 N–H and O–H groups in total. The van der Waals surface area contributed by atoms with Crippen LogP contribution in [0.2, 0.25) is 5.15 Å². The Morgan fingerprint density at radius 3 is 2.94 bits per heavy atom. The maximum Gasteiger partial charge on any atom is 0.135 e. The van der Waals surface area contributed by atoms with Crippen LogP contribution in [0.4, 0.5) is 5.82 Å². The van der Waals surface area contributed by atoms with Crippen LogP contribution in [0.15, 0.2) is 11.6 Å².